The summed E-state index contributed by atoms with van der Waals surface area (Å²) in [5.74, 6) is -0.559. The molecule has 0 fully saturated rings. The van der Waals surface area contributed by atoms with E-state index in [1.54, 1.807) is 18.3 Å². The minimum absolute atomic E-state index is 0.134. The zero-order chi connectivity index (χ0) is 9.68. The standard InChI is InChI=1S/C9H9NO2S/c1-2-6-13-8-7(9(11)12)4-3-5-10-8/h2-5H,1,6H2,(H,11,12)/p-1. The molecule has 3 nitrogen and oxygen atoms in total. The zero-order valence-corrected chi connectivity index (χ0v) is 7.71. The van der Waals surface area contributed by atoms with Gasteiger partial charge in [0.25, 0.3) is 0 Å². The van der Waals surface area contributed by atoms with E-state index in [0.717, 1.165) is 0 Å². The van der Waals surface area contributed by atoms with Gasteiger partial charge in [0.05, 0.1) is 5.97 Å². The van der Waals surface area contributed by atoms with Crippen molar-refractivity contribution in [3.63, 3.8) is 0 Å². The van der Waals surface area contributed by atoms with Crippen LogP contribution >= 0.6 is 11.8 Å². The molecule has 0 radical (unpaired) electrons. The fourth-order valence-corrected chi connectivity index (χ4v) is 1.52. The molecule has 1 aromatic rings. The van der Waals surface area contributed by atoms with Crippen molar-refractivity contribution in [1.82, 2.24) is 4.98 Å². The van der Waals surface area contributed by atoms with Crippen molar-refractivity contribution in [2.45, 2.75) is 5.03 Å². The molecule has 13 heavy (non-hydrogen) atoms. The summed E-state index contributed by atoms with van der Waals surface area (Å²) in [4.78, 5) is 14.5. The van der Waals surface area contributed by atoms with Crippen LogP contribution in [0.25, 0.3) is 0 Å². The van der Waals surface area contributed by atoms with Gasteiger partial charge >= 0.3 is 0 Å². The molecule has 0 saturated heterocycles. The summed E-state index contributed by atoms with van der Waals surface area (Å²) < 4.78 is 0. The second-order valence-corrected chi connectivity index (χ2v) is 3.25. The van der Waals surface area contributed by atoms with E-state index in [0.29, 0.717) is 10.8 Å². The van der Waals surface area contributed by atoms with Crippen LogP contribution in [0.5, 0.6) is 0 Å². The Morgan fingerprint density at radius 3 is 3.15 bits per heavy atom. The minimum Gasteiger partial charge on any atom is -0.545 e. The van der Waals surface area contributed by atoms with Gasteiger partial charge in [-0.1, -0.05) is 6.08 Å². The average molecular weight is 194 g/mol. The Labute approximate surface area is 80.5 Å². The monoisotopic (exact) mass is 194 g/mol. The molecule has 0 aliphatic rings. The van der Waals surface area contributed by atoms with Crippen LogP contribution in [-0.2, 0) is 0 Å². The first kappa shape index (κ1) is 9.80. The molecule has 4 heteroatoms. The number of nitrogens with zero attached hydrogens (tertiary/aromatic N) is 1. The van der Waals surface area contributed by atoms with E-state index in [1.807, 2.05) is 0 Å². The molecule has 0 aliphatic heterocycles. The maximum absolute atomic E-state index is 10.6. The maximum Gasteiger partial charge on any atom is 0.105 e. The molecule has 0 spiro atoms. The summed E-state index contributed by atoms with van der Waals surface area (Å²) in [7, 11) is 0. The van der Waals surface area contributed by atoms with Gasteiger partial charge in [-0.05, 0) is 12.1 Å². The van der Waals surface area contributed by atoms with E-state index in [4.69, 9.17) is 0 Å². The van der Waals surface area contributed by atoms with Gasteiger partial charge in [-0.2, -0.15) is 0 Å². The summed E-state index contributed by atoms with van der Waals surface area (Å²) in [6, 6.07) is 3.05. The van der Waals surface area contributed by atoms with Crippen LogP contribution in [0.2, 0.25) is 0 Å². The van der Waals surface area contributed by atoms with E-state index in [1.165, 1.54) is 17.8 Å². The minimum atomic E-state index is -1.19. The second kappa shape index (κ2) is 4.67. The van der Waals surface area contributed by atoms with Crippen molar-refractivity contribution in [3.8, 4) is 0 Å². The maximum atomic E-state index is 10.6. The average Bonchev–Trinajstić information content (AvgIpc) is 2.15. The van der Waals surface area contributed by atoms with Gasteiger partial charge < -0.3 is 9.90 Å². The topological polar surface area (TPSA) is 53.0 Å². The second-order valence-electron chi connectivity index (χ2n) is 2.24. The first-order chi connectivity index (χ1) is 6.25. The number of hydrogen-bond donors (Lipinski definition) is 0. The van der Waals surface area contributed by atoms with Crippen LogP contribution in [0, 0.1) is 0 Å². The highest BCUT2D eigenvalue weighted by molar-refractivity contribution is 7.99. The Bertz CT molecular complexity index is 325. The summed E-state index contributed by atoms with van der Waals surface area (Å²) in [5, 5.41) is 11.1. The van der Waals surface area contributed by atoms with E-state index >= 15 is 0 Å². The predicted molar refractivity (Wildman–Crippen MR) is 49.5 cm³/mol. The van der Waals surface area contributed by atoms with Crippen LogP contribution in [0.15, 0.2) is 36.0 Å². The molecular formula is C9H8NO2S-. The molecule has 68 valence electrons. The normalized spacial score (nSPS) is 9.54. The smallest absolute Gasteiger partial charge is 0.105 e. The van der Waals surface area contributed by atoms with Crippen molar-refractivity contribution in [1.29, 1.82) is 0 Å². The summed E-state index contributed by atoms with van der Waals surface area (Å²) in [6.07, 6.45) is 3.25. The van der Waals surface area contributed by atoms with Gasteiger partial charge in [0.2, 0.25) is 0 Å². The molecule has 1 aromatic heterocycles. The van der Waals surface area contributed by atoms with Gasteiger partial charge in [0, 0.05) is 17.5 Å². The van der Waals surface area contributed by atoms with Crippen molar-refractivity contribution >= 4 is 17.7 Å². The third-order valence-corrected chi connectivity index (χ3v) is 2.33. The molecule has 0 atom stereocenters. The molecule has 0 bridgehead atoms. The molecule has 0 unspecified atom stereocenters. The number of hydrogen-bond acceptors (Lipinski definition) is 4. The van der Waals surface area contributed by atoms with E-state index < -0.39 is 5.97 Å². The molecular weight excluding hydrogens is 186 g/mol. The number of carboxylic acids is 1. The van der Waals surface area contributed by atoms with Gasteiger partial charge in [-0.15, -0.1) is 18.3 Å². The largest absolute Gasteiger partial charge is 0.545 e. The van der Waals surface area contributed by atoms with Gasteiger partial charge in [-0.3, -0.25) is 0 Å². The number of rotatable bonds is 4. The van der Waals surface area contributed by atoms with Crippen LogP contribution in [0.3, 0.4) is 0 Å². The number of aromatic nitrogens is 1. The first-order valence-corrected chi connectivity index (χ1v) is 4.64. The molecule has 0 saturated carbocycles. The van der Waals surface area contributed by atoms with Crippen LogP contribution in [-0.4, -0.2) is 16.7 Å². The number of thioether (sulfide) groups is 1. The van der Waals surface area contributed by atoms with Crippen LogP contribution in [0.4, 0.5) is 0 Å². The quantitative estimate of drug-likeness (QED) is 0.523. The fraction of sp³-hybridized carbons (Fsp3) is 0.111. The van der Waals surface area contributed by atoms with Crippen molar-refractivity contribution in [3.05, 3.63) is 36.5 Å². The molecule has 1 rings (SSSR count). The van der Waals surface area contributed by atoms with Crippen molar-refractivity contribution < 1.29 is 9.90 Å². The Kier molecular flexibility index (Phi) is 3.52. The Morgan fingerprint density at radius 1 is 1.77 bits per heavy atom. The zero-order valence-electron chi connectivity index (χ0n) is 6.90. The van der Waals surface area contributed by atoms with Gasteiger partial charge in [0.15, 0.2) is 0 Å². The third-order valence-electron chi connectivity index (χ3n) is 1.33. The molecule has 0 aliphatic carbocycles. The van der Waals surface area contributed by atoms with Crippen LogP contribution in [0.1, 0.15) is 10.4 Å². The summed E-state index contributed by atoms with van der Waals surface area (Å²) >= 11 is 1.33. The van der Waals surface area contributed by atoms with Crippen LogP contribution < -0.4 is 5.11 Å². The lowest BCUT2D eigenvalue weighted by Gasteiger charge is -2.06. The Balaban J connectivity index is 2.90. The summed E-state index contributed by atoms with van der Waals surface area (Å²) in [6.45, 7) is 3.54. The van der Waals surface area contributed by atoms with E-state index in [9.17, 15) is 9.90 Å². The lowest BCUT2D eigenvalue weighted by atomic mass is 10.3. The Morgan fingerprint density at radius 2 is 2.54 bits per heavy atom. The SMILES string of the molecule is C=CCSc1ncccc1C(=O)[O-]. The molecule has 0 amide bonds. The van der Waals surface area contributed by atoms with Crippen molar-refractivity contribution in [2.75, 3.05) is 5.75 Å². The highest BCUT2D eigenvalue weighted by atomic mass is 32.2. The number of pyridine rings is 1. The molecule has 0 N–H and O–H groups in total. The number of carbonyl (C=O) groups is 1. The number of carbonyl (C=O) groups excluding carboxylic acids is 1. The Hall–Kier alpha value is -1.29. The lowest BCUT2D eigenvalue weighted by Crippen LogP contribution is -2.23. The van der Waals surface area contributed by atoms with Crippen molar-refractivity contribution in [2.24, 2.45) is 0 Å². The van der Waals surface area contributed by atoms with Gasteiger partial charge in [-0.25, -0.2) is 4.98 Å². The third kappa shape index (κ3) is 2.59. The molecule has 1 heterocycles. The van der Waals surface area contributed by atoms with Gasteiger partial charge in [0.1, 0.15) is 5.03 Å². The van der Waals surface area contributed by atoms with E-state index in [-0.39, 0.29) is 5.56 Å². The fourth-order valence-electron chi connectivity index (χ4n) is 0.799. The number of aromatic carboxylic acids is 1. The highest BCUT2D eigenvalue weighted by Gasteiger charge is 2.02. The van der Waals surface area contributed by atoms with E-state index in [2.05, 4.69) is 11.6 Å². The molecule has 0 aromatic carbocycles. The first-order valence-electron chi connectivity index (χ1n) is 3.65. The summed E-state index contributed by atoms with van der Waals surface area (Å²) in [5.41, 5.74) is 0.134. The number of carboxylic acid groups (broad SMARTS) is 1. The predicted octanol–water partition coefficient (Wildman–Crippen LogP) is 0.723. The lowest BCUT2D eigenvalue weighted by molar-refractivity contribution is -0.255. The highest BCUT2D eigenvalue weighted by Crippen LogP contribution is 2.18.